The summed E-state index contributed by atoms with van der Waals surface area (Å²) in [6, 6.07) is 9.23. The average molecular weight is 494 g/mol. The third kappa shape index (κ3) is 4.64. The fourth-order valence-corrected chi connectivity index (χ4v) is 4.09. The molecule has 1 atom stereocenters. The van der Waals surface area contributed by atoms with Crippen molar-refractivity contribution in [2.24, 2.45) is 14.1 Å². The van der Waals surface area contributed by atoms with Gasteiger partial charge in [-0.3, -0.25) is 14.2 Å². The first-order chi connectivity index (χ1) is 17.7. The van der Waals surface area contributed by atoms with Gasteiger partial charge in [-0.15, -0.1) is 0 Å². The molecule has 1 unspecified atom stereocenters. The van der Waals surface area contributed by atoms with Gasteiger partial charge in [-0.2, -0.15) is 10.2 Å². The first-order valence-electron chi connectivity index (χ1n) is 11.9. The predicted octanol–water partition coefficient (Wildman–Crippen LogP) is 2.88. The van der Waals surface area contributed by atoms with E-state index in [9.17, 15) is 4.79 Å². The van der Waals surface area contributed by atoms with Crippen molar-refractivity contribution < 1.29 is 4.79 Å². The summed E-state index contributed by atoms with van der Waals surface area (Å²) in [5.74, 6) is 7.15. The van der Waals surface area contributed by atoms with Gasteiger partial charge >= 0.3 is 0 Å². The van der Waals surface area contributed by atoms with Crippen molar-refractivity contribution >= 4 is 33.7 Å². The van der Waals surface area contributed by atoms with Crippen LogP contribution in [-0.2, 0) is 18.9 Å². The highest BCUT2D eigenvalue weighted by Gasteiger charge is 2.18. The van der Waals surface area contributed by atoms with Crippen LogP contribution in [0.2, 0.25) is 0 Å². The molecule has 2 N–H and O–H groups in total. The molecule has 186 valence electrons. The predicted molar refractivity (Wildman–Crippen MR) is 143 cm³/mol. The number of aryl methyl sites for hydroxylation is 4. The summed E-state index contributed by atoms with van der Waals surface area (Å²) in [4.78, 5) is 26.5. The Hall–Kier alpha value is -4.62. The topological polar surface area (TPSA) is 115 Å². The number of anilines is 1. The normalized spacial score (nSPS) is 11.9. The minimum Gasteiger partial charge on any atom is -0.309 e. The SMILES string of the molecule is CNC(C)C(=O)Nc1cc(-c2nc(C)nc3nn(C)c(C)c23)cc(C#Cc2ccc3c(cnn3C)c2)n1. The number of hydrogen-bond acceptors (Lipinski definition) is 7. The van der Waals surface area contributed by atoms with E-state index in [0.29, 0.717) is 28.7 Å². The number of pyridine rings is 1. The van der Waals surface area contributed by atoms with E-state index < -0.39 is 0 Å². The fourth-order valence-electron chi connectivity index (χ4n) is 4.09. The van der Waals surface area contributed by atoms with Crippen molar-refractivity contribution in [3.05, 3.63) is 59.3 Å². The van der Waals surface area contributed by atoms with Crippen LogP contribution < -0.4 is 10.6 Å². The van der Waals surface area contributed by atoms with Crippen LogP contribution in [0, 0.1) is 25.7 Å². The molecule has 0 aliphatic heterocycles. The third-order valence-corrected chi connectivity index (χ3v) is 6.35. The quantitative estimate of drug-likeness (QED) is 0.370. The largest absolute Gasteiger partial charge is 0.309 e. The van der Waals surface area contributed by atoms with Gasteiger partial charge in [-0.25, -0.2) is 15.0 Å². The Morgan fingerprint density at radius 2 is 1.84 bits per heavy atom. The van der Waals surface area contributed by atoms with Crippen LogP contribution in [-0.4, -0.2) is 53.5 Å². The number of likely N-dealkylation sites (N-methyl/N-ethyl adjacent to an activating group) is 1. The Morgan fingerprint density at radius 1 is 1.03 bits per heavy atom. The van der Waals surface area contributed by atoms with Crippen molar-refractivity contribution in [3.8, 4) is 23.1 Å². The molecule has 5 aromatic rings. The summed E-state index contributed by atoms with van der Waals surface area (Å²) in [6.07, 6.45) is 1.81. The van der Waals surface area contributed by atoms with Crippen molar-refractivity contribution in [2.45, 2.75) is 26.8 Å². The molecule has 0 fully saturated rings. The Bertz CT molecular complexity index is 1740. The van der Waals surface area contributed by atoms with Crippen LogP contribution in [0.5, 0.6) is 0 Å². The molecule has 0 radical (unpaired) electrons. The summed E-state index contributed by atoms with van der Waals surface area (Å²) in [7, 11) is 5.52. The first-order valence-corrected chi connectivity index (χ1v) is 11.9. The minimum atomic E-state index is -0.389. The number of nitrogens with zero attached hydrogens (tertiary/aromatic N) is 7. The van der Waals surface area contributed by atoms with Gasteiger partial charge in [-0.05, 0) is 64.1 Å². The molecule has 0 spiro atoms. The third-order valence-electron chi connectivity index (χ3n) is 6.35. The van der Waals surface area contributed by atoms with E-state index in [1.54, 1.807) is 24.7 Å². The number of hydrogen-bond donors (Lipinski definition) is 2. The lowest BCUT2D eigenvalue weighted by atomic mass is 10.1. The molecule has 4 heterocycles. The van der Waals surface area contributed by atoms with E-state index in [-0.39, 0.29) is 11.9 Å². The molecule has 0 saturated carbocycles. The van der Waals surface area contributed by atoms with Crippen molar-refractivity contribution in [1.82, 2.24) is 39.8 Å². The molecular formula is C27H27N9O. The Labute approximate surface area is 214 Å². The lowest BCUT2D eigenvalue weighted by molar-refractivity contribution is -0.117. The number of amides is 1. The van der Waals surface area contributed by atoms with Gasteiger partial charge in [0, 0.05) is 36.3 Å². The summed E-state index contributed by atoms with van der Waals surface area (Å²) in [5, 5.41) is 16.5. The van der Waals surface area contributed by atoms with E-state index in [1.807, 2.05) is 63.1 Å². The zero-order valence-electron chi connectivity index (χ0n) is 21.6. The van der Waals surface area contributed by atoms with Crippen molar-refractivity contribution in [3.63, 3.8) is 0 Å². The standard InChI is InChI=1S/C27H27N9O/c1-15(28-4)27(37)33-23-13-19(25-24-16(2)35(5)34-26(24)31-17(3)30-25)12-21(32-23)9-7-18-8-10-22-20(11-18)14-29-36(22)6/h8,10-15,28H,1-6H3,(H,32,33,37). The van der Waals surface area contributed by atoms with Gasteiger partial charge in [0.25, 0.3) is 0 Å². The number of benzene rings is 1. The number of carbonyl (C=O) groups is 1. The maximum Gasteiger partial charge on any atom is 0.242 e. The summed E-state index contributed by atoms with van der Waals surface area (Å²) < 4.78 is 3.61. The Balaban J connectivity index is 1.64. The monoisotopic (exact) mass is 493 g/mol. The van der Waals surface area contributed by atoms with Crippen LogP contribution in [0.4, 0.5) is 5.82 Å². The first kappa shape index (κ1) is 24.1. The number of carbonyl (C=O) groups excluding carboxylic acids is 1. The molecule has 1 aromatic carbocycles. The van der Waals surface area contributed by atoms with Crippen LogP contribution >= 0.6 is 0 Å². The zero-order valence-corrected chi connectivity index (χ0v) is 21.6. The molecule has 0 aliphatic rings. The molecule has 0 aliphatic carbocycles. The summed E-state index contributed by atoms with van der Waals surface area (Å²) in [5.41, 5.74) is 5.41. The molecule has 4 aromatic heterocycles. The van der Waals surface area contributed by atoms with Crippen LogP contribution in [0.1, 0.15) is 29.7 Å². The van der Waals surface area contributed by atoms with Gasteiger partial charge < -0.3 is 10.6 Å². The summed E-state index contributed by atoms with van der Waals surface area (Å²) >= 11 is 0. The van der Waals surface area contributed by atoms with E-state index >= 15 is 0 Å². The molecule has 37 heavy (non-hydrogen) atoms. The van der Waals surface area contributed by atoms with Crippen molar-refractivity contribution in [1.29, 1.82) is 0 Å². The second kappa shape index (κ2) is 9.44. The Kier molecular flexibility index (Phi) is 6.15. The second-order valence-electron chi connectivity index (χ2n) is 8.94. The highest BCUT2D eigenvalue weighted by Crippen LogP contribution is 2.30. The highest BCUT2D eigenvalue weighted by molar-refractivity contribution is 5.96. The number of nitrogens with one attached hydrogen (secondary N) is 2. The van der Waals surface area contributed by atoms with Crippen LogP contribution in [0.3, 0.4) is 0 Å². The van der Waals surface area contributed by atoms with Crippen LogP contribution in [0.25, 0.3) is 33.2 Å². The van der Waals surface area contributed by atoms with Gasteiger partial charge in [0.1, 0.15) is 17.3 Å². The van der Waals surface area contributed by atoms with Crippen LogP contribution in [0.15, 0.2) is 36.5 Å². The lowest BCUT2D eigenvalue weighted by Gasteiger charge is -2.12. The van der Waals surface area contributed by atoms with E-state index in [1.165, 1.54) is 0 Å². The smallest absolute Gasteiger partial charge is 0.242 e. The maximum absolute atomic E-state index is 12.6. The molecule has 1 amide bonds. The second-order valence-corrected chi connectivity index (χ2v) is 8.94. The molecule has 5 rings (SSSR count). The number of fused-ring (bicyclic) bond motifs is 2. The molecule has 0 bridgehead atoms. The van der Waals surface area contributed by atoms with Crippen molar-refractivity contribution in [2.75, 3.05) is 12.4 Å². The molecular weight excluding hydrogens is 466 g/mol. The van der Waals surface area contributed by atoms with Gasteiger partial charge in [0.05, 0.1) is 28.8 Å². The summed E-state index contributed by atoms with van der Waals surface area (Å²) in [6.45, 7) is 5.59. The maximum atomic E-state index is 12.6. The van der Waals surface area contributed by atoms with Gasteiger partial charge in [0.15, 0.2) is 5.65 Å². The van der Waals surface area contributed by atoms with Gasteiger partial charge in [-0.1, -0.05) is 5.92 Å². The lowest BCUT2D eigenvalue weighted by Crippen LogP contribution is -2.35. The Morgan fingerprint density at radius 3 is 2.62 bits per heavy atom. The number of aromatic nitrogens is 7. The highest BCUT2D eigenvalue weighted by atomic mass is 16.2. The minimum absolute atomic E-state index is 0.199. The average Bonchev–Trinajstić information content (AvgIpc) is 3.39. The number of rotatable bonds is 4. The zero-order chi connectivity index (χ0) is 26.3. The molecule has 10 heteroatoms. The molecule has 0 saturated heterocycles. The van der Waals surface area contributed by atoms with E-state index in [0.717, 1.165) is 33.1 Å². The van der Waals surface area contributed by atoms with Gasteiger partial charge in [0.2, 0.25) is 5.91 Å². The molecule has 10 nitrogen and oxygen atoms in total. The van der Waals surface area contributed by atoms with E-state index in [4.69, 9.17) is 4.98 Å². The fraction of sp³-hybridized carbons (Fsp3) is 0.259. The van der Waals surface area contributed by atoms with E-state index in [2.05, 4.69) is 42.6 Å².